The van der Waals surface area contributed by atoms with Crippen molar-refractivity contribution in [1.29, 1.82) is 0 Å². The second kappa shape index (κ2) is 6.59. The average molecular weight is 283 g/mol. The van der Waals surface area contributed by atoms with Gasteiger partial charge in [0.2, 0.25) is 0 Å². The number of fused-ring (bicyclic) bond motifs is 1. The predicted octanol–water partition coefficient (Wildman–Crippen LogP) is 4.31. The van der Waals surface area contributed by atoms with E-state index in [9.17, 15) is 0 Å². The van der Waals surface area contributed by atoms with Gasteiger partial charge in [-0.3, -0.25) is 0 Å². The number of hydrogen-bond donors (Lipinski definition) is 1. The molecule has 112 valence electrons. The fourth-order valence-corrected chi connectivity index (χ4v) is 3.70. The normalized spacial score (nSPS) is 23.5. The van der Waals surface area contributed by atoms with E-state index in [2.05, 4.69) is 61.6 Å². The molecular formula is C19H25NO. The van der Waals surface area contributed by atoms with Crippen molar-refractivity contribution in [2.24, 2.45) is 5.92 Å². The summed E-state index contributed by atoms with van der Waals surface area (Å²) < 4.78 is 5.94. The Kier molecular flexibility index (Phi) is 4.57. The summed E-state index contributed by atoms with van der Waals surface area (Å²) in [6, 6.07) is 15.7. The molecule has 0 saturated carbocycles. The van der Waals surface area contributed by atoms with Crippen molar-refractivity contribution in [3.63, 3.8) is 0 Å². The maximum atomic E-state index is 5.94. The van der Waals surface area contributed by atoms with E-state index in [1.807, 2.05) is 0 Å². The molecule has 0 bridgehead atoms. The van der Waals surface area contributed by atoms with Crippen molar-refractivity contribution in [3.05, 3.63) is 48.0 Å². The lowest BCUT2D eigenvalue weighted by molar-refractivity contribution is 0.0777. The van der Waals surface area contributed by atoms with Crippen molar-refractivity contribution in [1.82, 2.24) is 5.32 Å². The average Bonchev–Trinajstić information content (AvgIpc) is 3.00. The van der Waals surface area contributed by atoms with Gasteiger partial charge >= 0.3 is 0 Å². The number of nitrogens with one attached hydrogen (secondary N) is 1. The lowest BCUT2D eigenvalue weighted by Crippen LogP contribution is -2.32. The summed E-state index contributed by atoms with van der Waals surface area (Å²) in [5.41, 5.74) is 1.42. The molecule has 1 N–H and O–H groups in total. The zero-order chi connectivity index (χ0) is 14.7. The summed E-state index contributed by atoms with van der Waals surface area (Å²) in [6.07, 6.45) is 2.63. The summed E-state index contributed by atoms with van der Waals surface area (Å²) >= 11 is 0. The van der Waals surface area contributed by atoms with E-state index in [1.54, 1.807) is 0 Å². The Bertz CT molecular complexity index is 590. The molecule has 0 amide bonds. The van der Waals surface area contributed by atoms with Crippen molar-refractivity contribution in [2.45, 2.75) is 38.8 Å². The second-order valence-corrected chi connectivity index (χ2v) is 5.87. The first-order valence-corrected chi connectivity index (χ1v) is 8.17. The van der Waals surface area contributed by atoms with E-state index in [4.69, 9.17) is 4.74 Å². The number of rotatable bonds is 5. The highest BCUT2D eigenvalue weighted by molar-refractivity contribution is 5.86. The largest absolute Gasteiger partial charge is 0.378 e. The van der Waals surface area contributed by atoms with Gasteiger partial charge in [-0.2, -0.15) is 0 Å². The van der Waals surface area contributed by atoms with Gasteiger partial charge in [-0.05, 0) is 35.7 Å². The summed E-state index contributed by atoms with van der Waals surface area (Å²) in [4.78, 5) is 0. The van der Waals surface area contributed by atoms with Gasteiger partial charge in [0.15, 0.2) is 0 Å². The van der Waals surface area contributed by atoms with Gasteiger partial charge in [-0.1, -0.05) is 56.3 Å². The minimum atomic E-state index is 0.382. The lowest BCUT2D eigenvalue weighted by Gasteiger charge is -2.29. The van der Waals surface area contributed by atoms with Gasteiger partial charge in [-0.25, -0.2) is 0 Å². The third-order valence-electron chi connectivity index (χ3n) is 4.67. The predicted molar refractivity (Wildman–Crippen MR) is 88.5 cm³/mol. The van der Waals surface area contributed by atoms with Crippen LogP contribution in [0.2, 0.25) is 0 Å². The SMILES string of the molecule is CCNC(c1cccc2ccccc12)C1CCOC1CC. The molecule has 1 heterocycles. The molecule has 21 heavy (non-hydrogen) atoms. The van der Waals surface area contributed by atoms with Crippen LogP contribution in [0.4, 0.5) is 0 Å². The van der Waals surface area contributed by atoms with Crippen LogP contribution in [0, 0.1) is 5.92 Å². The lowest BCUT2D eigenvalue weighted by atomic mass is 9.84. The van der Waals surface area contributed by atoms with E-state index in [0.29, 0.717) is 18.1 Å². The second-order valence-electron chi connectivity index (χ2n) is 5.87. The van der Waals surface area contributed by atoms with Gasteiger partial charge < -0.3 is 10.1 Å². The molecule has 2 aromatic rings. The van der Waals surface area contributed by atoms with Crippen molar-refractivity contribution in [2.75, 3.05) is 13.2 Å². The van der Waals surface area contributed by atoms with E-state index in [-0.39, 0.29) is 0 Å². The van der Waals surface area contributed by atoms with Crippen LogP contribution < -0.4 is 5.32 Å². The topological polar surface area (TPSA) is 21.3 Å². The third-order valence-corrected chi connectivity index (χ3v) is 4.67. The highest BCUT2D eigenvalue weighted by Crippen LogP contribution is 2.37. The highest BCUT2D eigenvalue weighted by Gasteiger charge is 2.34. The van der Waals surface area contributed by atoms with Crippen LogP contribution in [0.5, 0.6) is 0 Å². The molecule has 1 saturated heterocycles. The molecule has 2 heteroatoms. The number of benzene rings is 2. The first kappa shape index (κ1) is 14.6. The van der Waals surface area contributed by atoms with Crippen LogP contribution in [-0.4, -0.2) is 19.3 Å². The van der Waals surface area contributed by atoms with Gasteiger partial charge in [0.05, 0.1) is 6.10 Å². The minimum absolute atomic E-state index is 0.382. The molecule has 2 aromatic carbocycles. The van der Waals surface area contributed by atoms with Crippen LogP contribution in [0.3, 0.4) is 0 Å². The molecule has 1 fully saturated rings. The van der Waals surface area contributed by atoms with E-state index in [1.165, 1.54) is 16.3 Å². The molecule has 1 aliphatic rings. The van der Waals surface area contributed by atoms with E-state index >= 15 is 0 Å². The molecule has 3 rings (SSSR count). The Morgan fingerprint density at radius 3 is 2.76 bits per heavy atom. The summed E-state index contributed by atoms with van der Waals surface area (Å²) in [7, 11) is 0. The Hall–Kier alpha value is -1.38. The zero-order valence-electron chi connectivity index (χ0n) is 13.0. The highest BCUT2D eigenvalue weighted by atomic mass is 16.5. The summed E-state index contributed by atoms with van der Waals surface area (Å²) in [5, 5.41) is 6.41. The smallest absolute Gasteiger partial charge is 0.0619 e. The van der Waals surface area contributed by atoms with Crippen molar-refractivity contribution >= 4 is 10.8 Å². The molecule has 0 spiro atoms. The first-order chi connectivity index (χ1) is 10.3. The molecule has 0 aliphatic carbocycles. The van der Waals surface area contributed by atoms with Crippen molar-refractivity contribution in [3.8, 4) is 0 Å². The fraction of sp³-hybridized carbons (Fsp3) is 0.474. The van der Waals surface area contributed by atoms with Gasteiger partial charge in [0, 0.05) is 18.6 Å². The molecule has 2 nitrogen and oxygen atoms in total. The first-order valence-electron chi connectivity index (χ1n) is 8.17. The zero-order valence-corrected chi connectivity index (χ0v) is 13.0. The number of hydrogen-bond acceptors (Lipinski definition) is 2. The van der Waals surface area contributed by atoms with Crippen LogP contribution in [0.1, 0.15) is 38.3 Å². The van der Waals surface area contributed by atoms with Crippen LogP contribution in [-0.2, 0) is 4.74 Å². The van der Waals surface area contributed by atoms with Crippen LogP contribution in [0.15, 0.2) is 42.5 Å². The molecule has 0 radical (unpaired) electrons. The fourth-order valence-electron chi connectivity index (χ4n) is 3.70. The molecule has 0 aromatic heterocycles. The Morgan fingerprint density at radius 2 is 1.95 bits per heavy atom. The Balaban J connectivity index is 2.03. The molecular weight excluding hydrogens is 258 g/mol. The standard InChI is InChI=1S/C19H25NO/c1-3-18-17(12-13-21-18)19(20-4-2)16-11-7-9-14-8-5-6-10-15(14)16/h5-11,17-20H,3-4,12-13H2,1-2H3. The Labute approximate surface area is 127 Å². The Morgan fingerprint density at radius 1 is 1.14 bits per heavy atom. The monoisotopic (exact) mass is 283 g/mol. The van der Waals surface area contributed by atoms with E-state index < -0.39 is 0 Å². The summed E-state index contributed by atoms with van der Waals surface area (Å²) in [5.74, 6) is 0.570. The van der Waals surface area contributed by atoms with Crippen molar-refractivity contribution < 1.29 is 4.74 Å². The van der Waals surface area contributed by atoms with E-state index in [0.717, 1.165) is 26.0 Å². The van der Waals surface area contributed by atoms with Gasteiger partial charge in [0.1, 0.15) is 0 Å². The van der Waals surface area contributed by atoms with Gasteiger partial charge in [0.25, 0.3) is 0 Å². The quantitative estimate of drug-likeness (QED) is 0.883. The minimum Gasteiger partial charge on any atom is -0.378 e. The maximum absolute atomic E-state index is 5.94. The van der Waals surface area contributed by atoms with Crippen LogP contribution in [0.25, 0.3) is 10.8 Å². The molecule has 1 aliphatic heterocycles. The van der Waals surface area contributed by atoms with Crippen LogP contribution >= 0.6 is 0 Å². The van der Waals surface area contributed by atoms with Gasteiger partial charge in [-0.15, -0.1) is 0 Å². The summed E-state index contributed by atoms with van der Waals surface area (Å²) in [6.45, 7) is 6.31. The molecule has 3 atom stereocenters. The third kappa shape index (κ3) is 2.83. The molecule has 3 unspecified atom stereocenters. The maximum Gasteiger partial charge on any atom is 0.0619 e. The number of ether oxygens (including phenoxy) is 1.